The van der Waals surface area contributed by atoms with E-state index in [0.29, 0.717) is 6.54 Å². The van der Waals surface area contributed by atoms with Crippen LogP contribution in [0.1, 0.15) is 36.2 Å². The number of nitrogens with zero attached hydrogens (tertiary/aromatic N) is 4. The van der Waals surface area contributed by atoms with Crippen molar-refractivity contribution < 1.29 is 9.90 Å². The summed E-state index contributed by atoms with van der Waals surface area (Å²) in [5.74, 6) is 0.0200. The number of hydrogen-bond donors (Lipinski definition) is 1. The van der Waals surface area contributed by atoms with E-state index < -0.39 is 0 Å². The lowest BCUT2D eigenvalue weighted by atomic mass is 9.71. The third-order valence-electron chi connectivity index (χ3n) is 6.32. The molecule has 6 heteroatoms. The zero-order valence-electron chi connectivity index (χ0n) is 17.6. The number of likely N-dealkylation sites (tertiary alicyclic amines) is 2. The highest BCUT2D eigenvalue weighted by molar-refractivity contribution is 5.91. The number of aromatic nitrogens is 2. The van der Waals surface area contributed by atoms with Crippen molar-refractivity contribution in [2.75, 3.05) is 26.2 Å². The number of amides is 1. The molecule has 2 atom stereocenters. The summed E-state index contributed by atoms with van der Waals surface area (Å²) in [5.41, 5.74) is 2.60. The Hall–Kier alpha value is -2.57. The van der Waals surface area contributed by atoms with Gasteiger partial charge in [-0.1, -0.05) is 30.3 Å². The molecule has 3 heterocycles. The molecule has 30 heavy (non-hydrogen) atoms. The van der Waals surface area contributed by atoms with E-state index in [1.807, 2.05) is 54.4 Å². The lowest BCUT2D eigenvalue weighted by Crippen LogP contribution is -2.59. The maximum atomic E-state index is 12.8. The molecule has 2 aromatic rings. The van der Waals surface area contributed by atoms with Gasteiger partial charge in [0.15, 0.2) is 0 Å². The number of piperidine rings is 2. The first kappa shape index (κ1) is 20.7. The van der Waals surface area contributed by atoms with Gasteiger partial charge in [0.05, 0.1) is 17.5 Å². The van der Waals surface area contributed by atoms with Gasteiger partial charge in [-0.2, -0.15) is 0 Å². The Morgan fingerprint density at radius 1 is 1.20 bits per heavy atom. The van der Waals surface area contributed by atoms with Crippen LogP contribution < -0.4 is 0 Å². The Kier molecular flexibility index (Phi) is 6.25. The highest BCUT2D eigenvalue weighted by Gasteiger charge is 2.46. The normalized spacial score (nSPS) is 25.1. The molecule has 1 spiro atoms. The number of hydrogen-bond acceptors (Lipinski definition) is 5. The lowest BCUT2D eigenvalue weighted by Gasteiger charge is -2.51. The second kappa shape index (κ2) is 9.06. The average molecular weight is 407 g/mol. The van der Waals surface area contributed by atoms with Gasteiger partial charge in [-0.05, 0) is 37.8 Å². The van der Waals surface area contributed by atoms with Crippen LogP contribution in [-0.2, 0) is 11.3 Å². The second-order valence-corrected chi connectivity index (χ2v) is 8.63. The van der Waals surface area contributed by atoms with Gasteiger partial charge in [-0.15, -0.1) is 0 Å². The van der Waals surface area contributed by atoms with Crippen LogP contribution in [-0.4, -0.2) is 63.1 Å². The fourth-order valence-electron chi connectivity index (χ4n) is 4.69. The van der Waals surface area contributed by atoms with Crippen molar-refractivity contribution in [1.29, 1.82) is 0 Å². The van der Waals surface area contributed by atoms with E-state index in [2.05, 4.69) is 14.9 Å². The van der Waals surface area contributed by atoms with Crippen LogP contribution in [0.4, 0.5) is 0 Å². The van der Waals surface area contributed by atoms with Gasteiger partial charge >= 0.3 is 0 Å². The van der Waals surface area contributed by atoms with Gasteiger partial charge in [0.1, 0.15) is 0 Å². The van der Waals surface area contributed by atoms with Crippen molar-refractivity contribution in [3.05, 3.63) is 65.8 Å². The monoisotopic (exact) mass is 406 g/mol. The molecule has 0 radical (unpaired) electrons. The second-order valence-electron chi connectivity index (χ2n) is 8.63. The first-order valence-electron chi connectivity index (χ1n) is 10.7. The number of rotatable bonds is 4. The molecule has 2 saturated heterocycles. The molecule has 1 aromatic heterocycles. The van der Waals surface area contributed by atoms with Gasteiger partial charge in [0.25, 0.3) is 0 Å². The van der Waals surface area contributed by atoms with E-state index in [0.717, 1.165) is 62.4 Å². The Morgan fingerprint density at radius 2 is 2.03 bits per heavy atom. The maximum Gasteiger partial charge on any atom is 0.246 e. The van der Waals surface area contributed by atoms with Gasteiger partial charge in [0.2, 0.25) is 5.91 Å². The average Bonchev–Trinajstić information content (AvgIpc) is 2.77. The molecule has 2 aliphatic rings. The third kappa shape index (κ3) is 4.77. The van der Waals surface area contributed by atoms with Crippen LogP contribution in [0.5, 0.6) is 0 Å². The first-order valence-corrected chi connectivity index (χ1v) is 10.7. The summed E-state index contributed by atoms with van der Waals surface area (Å²) in [6, 6.07) is 9.86. The van der Waals surface area contributed by atoms with Crippen LogP contribution in [0.3, 0.4) is 0 Å². The molecule has 1 aromatic carbocycles. The van der Waals surface area contributed by atoms with Crippen LogP contribution >= 0.6 is 0 Å². The van der Waals surface area contributed by atoms with Crippen molar-refractivity contribution in [2.24, 2.45) is 5.41 Å². The Labute approximate surface area is 178 Å². The van der Waals surface area contributed by atoms with Gasteiger partial charge < -0.3 is 10.0 Å². The molecule has 0 unspecified atom stereocenters. The van der Waals surface area contributed by atoms with E-state index in [4.69, 9.17) is 0 Å². The number of carbonyl (C=O) groups is 1. The van der Waals surface area contributed by atoms with Gasteiger partial charge in [-0.3, -0.25) is 19.7 Å². The molecule has 6 nitrogen and oxygen atoms in total. The van der Waals surface area contributed by atoms with Crippen molar-refractivity contribution >= 4 is 12.0 Å². The minimum Gasteiger partial charge on any atom is -0.392 e. The summed E-state index contributed by atoms with van der Waals surface area (Å²) in [7, 11) is 0. The summed E-state index contributed by atoms with van der Waals surface area (Å²) in [6.07, 6.45) is 9.35. The predicted octanol–water partition coefficient (Wildman–Crippen LogP) is 2.67. The highest BCUT2D eigenvalue weighted by Crippen LogP contribution is 2.39. The fraction of sp³-hybridized carbons (Fsp3) is 0.458. The summed E-state index contributed by atoms with van der Waals surface area (Å²) in [5, 5.41) is 10.9. The molecule has 0 aliphatic carbocycles. The molecule has 1 N–H and O–H groups in total. The van der Waals surface area contributed by atoms with Crippen molar-refractivity contribution in [3.8, 4) is 0 Å². The van der Waals surface area contributed by atoms with E-state index in [9.17, 15) is 9.90 Å². The molecular formula is C24H30N4O2. The molecule has 4 rings (SSSR count). The van der Waals surface area contributed by atoms with E-state index in [1.165, 1.54) is 0 Å². The zero-order valence-corrected chi connectivity index (χ0v) is 17.6. The predicted molar refractivity (Wildman–Crippen MR) is 116 cm³/mol. The van der Waals surface area contributed by atoms with Crippen LogP contribution in [0.25, 0.3) is 6.08 Å². The van der Waals surface area contributed by atoms with Crippen molar-refractivity contribution in [2.45, 2.75) is 38.8 Å². The number of aryl methyl sites for hydroxylation is 1. The molecule has 0 bridgehead atoms. The minimum absolute atomic E-state index is 0.0200. The molecule has 1 amide bonds. The Bertz CT molecular complexity index is 884. The quantitative estimate of drug-likeness (QED) is 0.791. The molecule has 2 aliphatic heterocycles. The number of carbonyl (C=O) groups excluding carboxylic acids is 1. The smallest absolute Gasteiger partial charge is 0.246 e. The third-order valence-corrected chi connectivity index (χ3v) is 6.32. The molecule has 2 fully saturated rings. The SMILES string of the molecule is Cc1cnc(CN2CC[C@@H](O)[C@]3(CCCN(C(=O)/C=C/c4ccccc4)C3)C2)cn1. The topological polar surface area (TPSA) is 69.6 Å². The summed E-state index contributed by atoms with van der Waals surface area (Å²) < 4.78 is 0. The first-order chi connectivity index (χ1) is 14.5. The van der Waals surface area contributed by atoms with E-state index in [1.54, 1.807) is 12.3 Å². The number of aliphatic hydroxyl groups excluding tert-OH is 1. The highest BCUT2D eigenvalue weighted by atomic mass is 16.3. The summed E-state index contributed by atoms with van der Waals surface area (Å²) in [6.45, 7) is 5.61. The standard InChI is InChI=1S/C24H30N4O2/c1-19-14-26-21(15-25-19)16-27-13-10-22(29)24(17-27)11-5-12-28(18-24)23(30)9-8-20-6-3-2-4-7-20/h2-4,6-9,14-15,22,29H,5,10-13,16-18H2,1H3/b9-8+/t22-,24-/m1/s1. The van der Waals surface area contributed by atoms with Crippen LogP contribution in [0.15, 0.2) is 48.8 Å². The van der Waals surface area contributed by atoms with Gasteiger partial charge in [-0.25, -0.2) is 0 Å². The lowest BCUT2D eigenvalue weighted by molar-refractivity contribution is -0.136. The number of benzene rings is 1. The fourth-order valence-corrected chi connectivity index (χ4v) is 4.69. The zero-order chi connectivity index (χ0) is 21.0. The van der Waals surface area contributed by atoms with Crippen LogP contribution in [0.2, 0.25) is 0 Å². The molecule has 158 valence electrons. The largest absolute Gasteiger partial charge is 0.392 e. The Balaban J connectivity index is 1.43. The summed E-state index contributed by atoms with van der Waals surface area (Å²) in [4.78, 5) is 25.9. The summed E-state index contributed by atoms with van der Waals surface area (Å²) >= 11 is 0. The molecule has 0 saturated carbocycles. The van der Waals surface area contributed by atoms with Gasteiger partial charge in [0, 0.05) is 56.6 Å². The molecular weight excluding hydrogens is 376 g/mol. The minimum atomic E-state index is -0.383. The number of aliphatic hydroxyl groups is 1. The van der Waals surface area contributed by atoms with Crippen molar-refractivity contribution in [3.63, 3.8) is 0 Å². The van der Waals surface area contributed by atoms with Crippen molar-refractivity contribution in [1.82, 2.24) is 19.8 Å². The van der Waals surface area contributed by atoms with Crippen LogP contribution in [0, 0.1) is 12.3 Å². The van der Waals surface area contributed by atoms with E-state index in [-0.39, 0.29) is 17.4 Å². The Morgan fingerprint density at radius 3 is 2.80 bits per heavy atom. The van der Waals surface area contributed by atoms with E-state index >= 15 is 0 Å². The maximum absolute atomic E-state index is 12.8.